The van der Waals surface area contributed by atoms with Crippen molar-refractivity contribution in [2.24, 2.45) is 0 Å². The zero-order chi connectivity index (χ0) is 16.2. The monoisotopic (exact) mass is 312 g/mol. The largest absolute Gasteiger partial charge is 0.339 e. The summed E-state index contributed by atoms with van der Waals surface area (Å²) in [5.74, 6) is 1.19. The normalized spacial score (nSPS) is 19.0. The van der Waals surface area contributed by atoms with Crippen molar-refractivity contribution in [3.05, 3.63) is 54.1 Å². The predicted octanol–water partition coefficient (Wildman–Crippen LogP) is 2.10. The summed E-state index contributed by atoms with van der Waals surface area (Å²) in [5, 5.41) is 0. The van der Waals surface area contributed by atoms with Crippen molar-refractivity contribution < 1.29 is 4.79 Å². The molecular formula is C18H24N4O. The molecule has 5 heteroatoms. The Labute approximate surface area is 137 Å². The van der Waals surface area contributed by atoms with Crippen molar-refractivity contribution in [1.29, 1.82) is 0 Å². The smallest absolute Gasteiger partial charge is 0.224 e. The Morgan fingerprint density at radius 1 is 1.26 bits per heavy atom. The summed E-state index contributed by atoms with van der Waals surface area (Å²) in [6.07, 6.45) is 4.24. The van der Waals surface area contributed by atoms with Gasteiger partial charge in [-0.3, -0.25) is 9.69 Å². The summed E-state index contributed by atoms with van der Waals surface area (Å²) in [6, 6.07) is 10.7. The Kier molecular flexibility index (Phi) is 4.76. The second kappa shape index (κ2) is 6.96. The molecule has 0 unspecified atom stereocenters. The summed E-state index contributed by atoms with van der Waals surface area (Å²) >= 11 is 0. The number of hydrogen-bond donors (Lipinski definition) is 0. The van der Waals surface area contributed by atoms with Gasteiger partial charge in [-0.05, 0) is 19.5 Å². The number of piperazine rings is 1. The molecule has 122 valence electrons. The Hall–Kier alpha value is -2.14. The van der Waals surface area contributed by atoms with E-state index in [-0.39, 0.29) is 11.9 Å². The van der Waals surface area contributed by atoms with Crippen LogP contribution in [0.25, 0.3) is 0 Å². The van der Waals surface area contributed by atoms with Crippen molar-refractivity contribution in [1.82, 2.24) is 19.4 Å². The maximum absolute atomic E-state index is 12.6. The second-order valence-corrected chi connectivity index (χ2v) is 6.16. The highest BCUT2D eigenvalue weighted by molar-refractivity contribution is 5.76. The number of likely N-dealkylation sites (N-methyl/N-ethyl adjacent to an activating group) is 1. The molecule has 2 heterocycles. The molecule has 0 bridgehead atoms. The topological polar surface area (TPSA) is 41.4 Å². The highest BCUT2D eigenvalue weighted by atomic mass is 16.2. The second-order valence-electron chi connectivity index (χ2n) is 6.16. The van der Waals surface area contributed by atoms with Crippen molar-refractivity contribution in [2.75, 3.05) is 26.7 Å². The van der Waals surface area contributed by atoms with E-state index in [2.05, 4.69) is 41.2 Å². The van der Waals surface area contributed by atoms with Gasteiger partial charge in [0.1, 0.15) is 5.82 Å². The summed E-state index contributed by atoms with van der Waals surface area (Å²) in [7, 11) is 2.13. The fourth-order valence-electron chi connectivity index (χ4n) is 3.15. The summed E-state index contributed by atoms with van der Waals surface area (Å²) in [5.41, 5.74) is 1.28. The van der Waals surface area contributed by atoms with E-state index in [4.69, 9.17) is 0 Å². The minimum absolute atomic E-state index is 0.229. The Bertz CT molecular complexity index is 652. The zero-order valence-electron chi connectivity index (χ0n) is 13.9. The number of carbonyl (C=O) groups excluding carboxylic acids is 1. The fraction of sp³-hybridized carbons (Fsp3) is 0.444. The highest BCUT2D eigenvalue weighted by Crippen LogP contribution is 2.24. The van der Waals surface area contributed by atoms with Gasteiger partial charge < -0.3 is 9.47 Å². The Morgan fingerprint density at radius 2 is 2.04 bits per heavy atom. The van der Waals surface area contributed by atoms with Gasteiger partial charge in [-0.1, -0.05) is 30.3 Å². The first-order valence-corrected chi connectivity index (χ1v) is 8.16. The number of imidazole rings is 1. The molecule has 1 aliphatic heterocycles. The molecule has 0 saturated carbocycles. The third-order valence-corrected chi connectivity index (χ3v) is 4.68. The van der Waals surface area contributed by atoms with E-state index in [1.807, 2.05) is 28.7 Å². The average molecular weight is 312 g/mol. The van der Waals surface area contributed by atoms with Crippen LogP contribution in [0.4, 0.5) is 0 Å². The molecule has 1 aliphatic rings. The minimum Gasteiger partial charge on any atom is -0.339 e. The van der Waals surface area contributed by atoms with Crippen LogP contribution in [0, 0.1) is 6.92 Å². The lowest BCUT2D eigenvalue weighted by Crippen LogP contribution is -2.49. The van der Waals surface area contributed by atoms with Gasteiger partial charge in [-0.15, -0.1) is 0 Å². The first-order valence-electron chi connectivity index (χ1n) is 8.16. The van der Waals surface area contributed by atoms with Crippen LogP contribution < -0.4 is 0 Å². The zero-order valence-corrected chi connectivity index (χ0v) is 13.9. The van der Waals surface area contributed by atoms with Crippen molar-refractivity contribution in [3.8, 4) is 0 Å². The van der Waals surface area contributed by atoms with E-state index >= 15 is 0 Å². The third-order valence-electron chi connectivity index (χ3n) is 4.68. The molecule has 1 saturated heterocycles. The lowest BCUT2D eigenvalue weighted by atomic mass is 10.0. The van der Waals surface area contributed by atoms with Crippen molar-refractivity contribution >= 4 is 5.91 Å². The molecule has 0 aliphatic carbocycles. The number of aromatic nitrogens is 2. The van der Waals surface area contributed by atoms with E-state index in [9.17, 15) is 4.79 Å². The maximum atomic E-state index is 12.6. The predicted molar refractivity (Wildman–Crippen MR) is 90.0 cm³/mol. The van der Waals surface area contributed by atoms with Crippen LogP contribution >= 0.6 is 0 Å². The van der Waals surface area contributed by atoms with Crippen LogP contribution in [0.5, 0.6) is 0 Å². The van der Waals surface area contributed by atoms with Gasteiger partial charge in [0.05, 0.1) is 6.04 Å². The quantitative estimate of drug-likeness (QED) is 0.868. The number of benzene rings is 1. The number of nitrogens with zero attached hydrogens (tertiary/aromatic N) is 4. The van der Waals surface area contributed by atoms with Gasteiger partial charge >= 0.3 is 0 Å². The molecule has 1 amide bonds. The molecule has 0 radical (unpaired) electrons. The standard InChI is InChI=1S/C18H24N4O/c1-15-19-9-11-21(15)10-8-18(23)22-13-12-20(2)17(14-22)16-6-4-3-5-7-16/h3-7,9,11,17H,8,10,12-14H2,1-2H3/t17-/m1/s1. The minimum atomic E-state index is 0.229. The van der Waals surface area contributed by atoms with E-state index < -0.39 is 0 Å². The third kappa shape index (κ3) is 3.62. The van der Waals surface area contributed by atoms with Gasteiger partial charge in [0.25, 0.3) is 0 Å². The summed E-state index contributed by atoms with van der Waals surface area (Å²) < 4.78 is 2.03. The number of carbonyl (C=O) groups is 1. The number of amides is 1. The van der Waals surface area contributed by atoms with Gasteiger partial charge in [-0.2, -0.15) is 0 Å². The van der Waals surface area contributed by atoms with Crippen LogP contribution in [0.1, 0.15) is 23.9 Å². The fourth-order valence-corrected chi connectivity index (χ4v) is 3.15. The number of hydrogen-bond acceptors (Lipinski definition) is 3. The van der Waals surface area contributed by atoms with Crippen LogP contribution in [0.3, 0.4) is 0 Å². The van der Waals surface area contributed by atoms with Gasteiger partial charge in [0, 0.05) is 45.0 Å². The van der Waals surface area contributed by atoms with Crippen LogP contribution in [0.2, 0.25) is 0 Å². The molecule has 0 spiro atoms. The van der Waals surface area contributed by atoms with E-state index in [0.717, 1.165) is 25.5 Å². The highest BCUT2D eigenvalue weighted by Gasteiger charge is 2.28. The van der Waals surface area contributed by atoms with Crippen molar-refractivity contribution in [3.63, 3.8) is 0 Å². The lowest BCUT2D eigenvalue weighted by molar-refractivity contribution is -0.134. The molecule has 23 heavy (non-hydrogen) atoms. The molecule has 3 rings (SSSR count). The first kappa shape index (κ1) is 15.7. The Balaban J connectivity index is 1.61. The van der Waals surface area contributed by atoms with E-state index in [0.29, 0.717) is 13.0 Å². The molecule has 2 aromatic rings. The molecule has 5 nitrogen and oxygen atoms in total. The van der Waals surface area contributed by atoms with Crippen LogP contribution in [-0.4, -0.2) is 51.9 Å². The SMILES string of the molecule is Cc1nccn1CCC(=O)N1CCN(C)[C@@H](c2ccccc2)C1. The molecule has 1 aromatic carbocycles. The lowest BCUT2D eigenvalue weighted by Gasteiger charge is -2.39. The van der Waals surface area contributed by atoms with E-state index in [1.165, 1.54) is 5.56 Å². The molecule has 1 atom stereocenters. The molecule has 1 fully saturated rings. The average Bonchev–Trinajstić information content (AvgIpc) is 2.99. The van der Waals surface area contributed by atoms with E-state index in [1.54, 1.807) is 6.20 Å². The number of aryl methyl sites for hydroxylation is 2. The van der Waals surface area contributed by atoms with Gasteiger partial charge in [0.15, 0.2) is 0 Å². The van der Waals surface area contributed by atoms with Crippen LogP contribution in [-0.2, 0) is 11.3 Å². The summed E-state index contributed by atoms with van der Waals surface area (Å²) in [6.45, 7) is 5.15. The molecule has 0 N–H and O–H groups in total. The van der Waals surface area contributed by atoms with Gasteiger partial charge in [-0.25, -0.2) is 4.98 Å². The molecule has 1 aromatic heterocycles. The van der Waals surface area contributed by atoms with Crippen molar-refractivity contribution in [2.45, 2.75) is 25.9 Å². The summed E-state index contributed by atoms with van der Waals surface area (Å²) in [4.78, 5) is 21.1. The molecular weight excluding hydrogens is 288 g/mol. The van der Waals surface area contributed by atoms with Crippen LogP contribution in [0.15, 0.2) is 42.7 Å². The van der Waals surface area contributed by atoms with Gasteiger partial charge in [0.2, 0.25) is 5.91 Å². The Morgan fingerprint density at radius 3 is 2.74 bits per heavy atom. The number of rotatable bonds is 4. The first-order chi connectivity index (χ1) is 11.1. The maximum Gasteiger partial charge on any atom is 0.224 e.